The number of nitrogens with zero attached hydrogens (tertiary/aromatic N) is 2. The van der Waals surface area contributed by atoms with Crippen molar-refractivity contribution in [2.24, 2.45) is 0 Å². The third kappa shape index (κ3) is 26.9. The Bertz CT molecular complexity index is 808. The Hall–Kier alpha value is -4.50. The average molecular weight is 603 g/mol. The van der Waals surface area contributed by atoms with E-state index < -0.39 is 35.1 Å². The number of ether oxygens (including phenoxy) is 8. The molecule has 21 heteroatoms. The smallest absolute Gasteiger partial charge is 0.495 e. The topological polar surface area (TPSA) is 259 Å². The molecule has 0 aromatic carbocycles. The Morgan fingerprint density at radius 2 is 1.37 bits per heavy atom. The summed E-state index contributed by atoms with van der Waals surface area (Å²) in [6, 6.07) is -1.20. The highest BCUT2D eigenvalue weighted by atomic mass is 17.0. The van der Waals surface area contributed by atoms with Crippen molar-refractivity contribution in [3.8, 4) is 0 Å². The highest BCUT2D eigenvalue weighted by Crippen LogP contribution is 2.05. The van der Waals surface area contributed by atoms with Crippen LogP contribution in [0.3, 0.4) is 0 Å². The highest BCUT2D eigenvalue weighted by Gasteiger charge is 2.15. The first kappa shape index (κ1) is 38.6. The fourth-order valence-electron chi connectivity index (χ4n) is 2.00. The van der Waals surface area contributed by atoms with Crippen LogP contribution in [0.15, 0.2) is 11.5 Å². The van der Waals surface area contributed by atoms with E-state index in [0.29, 0.717) is 30.9 Å². The summed E-state index contributed by atoms with van der Waals surface area (Å²) in [6.07, 6.45) is -1.81. The number of carbonyl (C=O) groups is 4. The second-order valence-electron chi connectivity index (χ2n) is 6.60. The Balaban J connectivity index is 0. The molecule has 0 aliphatic carbocycles. The molecule has 0 heterocycles. The second kappa shape index (κ2) is 27.1. The van der Waals surface area contributed by atoms with E-state index in [0.717, 1.165) is 0 Å². The zero-order valence-corrected chi connectivity index (χ0v) is 22.5. The van der Waals surface area contributed by atoms with Gasteiger partial charge in [-0.3, -0.25) is 4.79 Å². The number of amides is 1. The van der Waals surface area contributed by atoms with Crippen LogP contribution >= 0.6 is 0 Å². The van der Waals surface area contributed by atoms with Gasteiger partial charge in [-0.05, 0) is 6.92 Å². The fraction of sp³-hybridized carbons (Fsp3) is 0.700. The van der Waals surface area contributed by atoms with E-state index in [-0.39, 0.29) is 52.9 Å². The van der Waals surface area contributed by atoms with Crippen LogP contribution in [0.25, 0.3) is 0 Å². The number of carbonyl (C=O) groups excluding carboxylic acids is 4. The van der Waals surface area contributed by atoms with Crippen LogP contribution in [-0.4, -0.2) is 122 Å². The van der Waals surface area contributed by atoms with Gasteiger partial charge in [0, 0.05) is 7.11 Å². The Labute approximate surface area is 233 Å². The minimum Gasteiger partial charge on any atom is -0.495 e. The van der Waals surface area contributed by atoms with E-state index in [1.54, 1.807) is 6.92 Å². The molecule has 0 rings (SSSR count). The standard InChI is InChI=1S/C13H21N3O14.C7H12O4/c17-9-11(14-12(18)26-5-1-24-3-7-29-15(20)21)10-28-13(19)27-6-2-25-4-8-30-16(22)23;1-6(11-5-8)7(10-3)4-9-2/h9,11H,1-8,10H2,(H,14,18);5H,4H2,1-3H3/b;7-6-. The van der Waals surface area contributed by atoms with Gasteiger partial charge in [0.1, 0.15) is 57.7 Å². The molecule has 0 aliphatic heterocycles. The number of allylic oxidation sites excluding steroid dienone is 1. The lowest BCUT2D eigenvalue weighted by Gasteiger charge is -2.13. The van der Waals surface area contributed by atoms with E-state index in [2.05, 4.69) is 33.9 Å². The summed E-state index contributed by atoms with van der Waals surface area (Å²) in [7, 11) is 3.03. The molecule has 0 aromatic heterocycles. The Kier molecular flexibility index (Phi) is 25.5. The monoisotopic (exact) mass is 603 g/mol. The number of methoxy groups -OCH3 is 2. The molecule has 0 radical (unpaired) electrons. The summed E-state index contributed by atoms with van der Waals surface area (Å²) in [5.41, 5.74) is 0. The van der Waals surface area contributed by atoms with Crippen molar-refractivity contribution in [1.82, 2.24) is 5.32 Å². The quantitative estimate of drug-likeness (QED) is 0.0295. The largest absolute Gasteiger partial charge is 0.508 e. The number of rotatable bonds is 23. The van der Waals surface area contributed by atoms with E-state index >= 15 is 0 Å². The van der Waals surface area contributed by atoms with Gasteiger partial charge < -0.3 is 57.7 Å². The Morgan fingerprint density at radius 1 is 0.829 bits per heavy atom. The molecule has 0 saturated heterocycles. The molecule has 1 unspecified atom stereocenters. The van der Waals surface area contributed by atoms with E-state index in [9.17, 15) is 39.4 Å². The number of aldehydes is 1. The van der Waals surface area contributed by atoms with Crippen LogP contribution < -0.4 is 5.32 Å². The maximum Gasteiger partial charge on any atom is 0.508 e. The predicted molar refractivity (Wildman–Crippen MR) is 128 cm³/mol. The molecule has 0 aromatic rings. The third-order valence-electron chi connectivity index (χ3n) is 3.74. The second-order valence-corrected chi connectivity index (χ2v) is 6.60. The fourth-order valence-corrected chi connectivity index (χ4v) is 2.00. The van der Waals surface area contributed by atoms with Gasteiger partial charge in [-0.2, -0.15) is 0 Å². The van der Waals surface area contributed by atoms with E-state index in [4.69, 9.17) is 18.9 Å². The van der Waals surface area contributed by atoms with Crippen LogP contribution in [0.5, 0.6) is 0 Å². The van der Waals surface area contributed by atoms with Gasteiger partial charge in [0.25, 0.3) is 16.6 Å². The number of hydrogen-bond acceptors (Lipinski definition) is 18. The van der Waals surface area contributed by atoms with Crippen LogP contribution in [0.2, 0.25) is 0 Å². The van der Waals surface area contributed by atoms with Gasteiger partial charge in [-0.15, -0.1) is 20.2 Å². The highest BCUT2D eigenvalue weighted by molar-refractivity contribution is 5.73. The van der Waals surface area contributed by atoms with Crippen molar-refractivity contribution in [1.29, 1.82) is 0 Å². The molecule has 1 amide bonds. The molecular weight excluding hydrogens is 570 g/mol. The van der Waals surface area contributed by atoms with Gasteiger partial charge in [-0.25, -0.2) is 9.59 Å². The first-order valence-electron chi connectivity index (χ1n) is 11.3. The van der Waals surface area contributed by atoms with Gasteiger partial charge in [0.05, 0.1) is 33.5 Å². The predicted octanol–water partition coefficient (Wildman–Crippen LogP) is -0.433. The SMILES string of the molecule is COC/C(OC)=C(\C)OC=O.O=CC(COC(=O)OCCOCCO[N+](=O)[O-])NC(=O)OCCOCCO[N+](=O)[O-]. The molecular formula is C20H33N3O18. The summed E-state index contributed by atoms with van der Waals surface area (Å²) in [4.78, 5) is 71.3. The van der Waals surface area contributed by atoms with Gasteiger partial charge in [0.2, 0.25) is 0 Å². The van der Waals surface area contributed by atoms with Crippen LogP contribution in [0, 0.1) is 20.2 Å². The van der Waals surface area contributed by atoms with Crippen LogP contribution in [0.1, 0.15) is 6.92 Å². The van der Waals surface area contributed by atoms with Crippen molar-refractivity contribution < 1.29 is 76.9 Å². The summed E-state index contributed by atoms with van der Waals surface area (Å²) in [6.45, 7) is 0.478. The van der Waals surface area contributed by atoms with E-state index in [1.807, 2.05) is 0 Å². The van der Waals surface area contributed by atoms with Crippen molar-refractivity contribution in [3.63, 3.8) is 0 Å². The lowest BCUT2D eigenvalue weighted by molar-refractivity contribution is -0.758. The Morgan fingerprint density at radius 3 is 1.83 bits per heavy atom. The maximum atomic E-state index is 11.5. The van der Waals surface area contributed by atoms with E-state index in [1.165, 1.54) is 14.2 Å². The minimum absolute atomic E-state index is 0.0662. The molecule has 236 valence electrons. The third-order valence-corrected chi connectivity index (χ3v) is 3.74. The van der Waals surface area contributed by atoms with Crippen molar-refractivity contribution in [3.05, 3.63) is 31.7 Å². The minimum atomic E-state index is -1.20. The summed E-state index contributed by atoms with van der Waals surface area (Å²) < 4.78 is 37.9. The first-order chi connectivity index (χ1) is 19.6. The first-order valence-corrected chi connectivity index (χ1v) is 11.3. The van der Waals surface area contributed by atoms with Crippen molar-refractivity contribution >= 4 is 25.0 Å². The molecule has 0 bridgehead atoms. The molecule has 0 fully saturated rings. The molecule has 1 atom stereocenters. The van der Waals surface area contributed by atoms with Crippen molar-refractivity contribution in [2.75, 3.05) is 80.3 Å². The lowest BCUT2D eigenvalue weighted by Crippen LogP contribution is -2.40. The van der Waals surface area contributed by atoms with Crippen molar-refractivity contribution in [2.45, 2.75) is 13.0 Å². The molecule has 0 saturated carbocycles. The summed E-state index contributed by atoms with van der Waals surface area (Å²) in [5, 5.41) is 19.9. The molecule has 0 spiro atoms. The summed E-state index contributed by atoms with van der Waals surface area (Å²) in [5.74, 6) is 0.934. The zero-order valence-electron chi connectivity index (χ0n) is 22.5. The molecule has 1 N–H and O–H groups in total. The van der Waals surface area contributed by atoms with Gasteiger partial charge in [0.15, 0.2) is 5.76 Å². The zero-order chi connectivity index (χ0) is 31.3. The van der Waals surface area contributed by atoms with Gasteiger partial charge >= 0.3 is 12.2 Å². The average Bonchev–Trinajstić information content (AvgIpc) is 2.92. The molecule has 41 heavy (non-hydrogen) atoms. The normalized spacial score (nSPS) is 11.2. The molecule has 0 aliphatic rings. The van der Waals surface area contributed by atoms with Crippen LogP contribution in [-0.2, 0) is 57.2 Å². The number of nitrogens with one attached hydrogen (secondary N) is 1. The maximum absolute atomic E-state index is 11.5. The van der Waals surface area contributed by atoms with Crippen LogP contribution in [0.4, 0.5) is 9.59 Å². The number of alkyl carbamates (subject to hydrolysis) is 1. The summed E-state index contributed by atoms with van der Waals surface area (Å²) >= 11 is 0. The van der Waals surface area contributed by atoms with Gasteiger partial charge in [-0.1, -0.05) is 0 Å². The number of hydrogen-bond donors (Lipinski definition) is 1. The molecule has 21 nitrogen and oxygen atoms in total. The lowest BCUT2D eigenvalue weighted by atomic mass is 10.3.